The van der Waals surface area contributed by atoms with E-state index in [2.05, 4.69) is 35.8 Å². The zero-order chi connectivity index (χ0) is 11.7. The van der Waals surface area contributed by atoms with E-state index in [9.17, 15) is 4.39 Å². The van der Waals surface area contributed by atoms with Crippen LogP contribution in [0.4, 0.5) is 10.2 Å². The second-order valence-electron chi connectivity index (χ2n) is 4.73. The molecule has 2 unspecified atom stereocenters. The van der Waals surface area contributed by atoms with Crippen LogP contribution in [0.1, 0.15) is 6.92 Å². The van der Waals surface area contributed by atoms with Crippen LogP contribution in [0.5, 0.6) is 0 Å². The van der Waals surface area contributed by atoms with Crippen LogP contribution in [0, 0.1) is 11.9 Å². The highest BCUT2D eigenvalue weighted by molar-refractivity contribution is 5.40. The van der Waals surface area contributed by atoms with Crippen LogP contribution < -0.4 is 4.90 Å². The third-order valence-electron chi connectivity index (χ3n) is 3.26. The lowest BCUT2D eigenvalue weighted by Crippen LogP contribution is -2.34. The summed E-state index contributed by atoms with van der Waals surface area (Å²) < 4.78 is 13.0. The number of aromatic nitrogens is 1. The number of rotatable bonds is 2. The molecule has 1 aliphatic rings. The molecule has 2 atom stereocenters. The summed E-state index contributed by atoms with van der Waals surface area (Å²) in [5.74, 6) is 0.926. The molecule has 0 aromatic carbocycles. The highest BCUT2D eigenvalue weighted by atomic mass is 19.1. The number of anilines is 1. The first-order chi connectivity index (χ1) is 7.58. The molecule has 0 radical (unpaired) electrons. The maximum atomic E-state index is 13.0. The molecule has 1 aromatic rings. The third-order valence-corrected chi connectivity index (χ3v) is 3.26. The number of hydrogen-bond acceptors (Lipinski definition) is 3. The molecule has 0 N–H and O–H groups in total. The minimum Gasteiger partial charge on any atom is -0.355 e. The van der Waals surface area contributed by atoms with Crippen molar-refractivity contribution in [1.82, 2.24) is 9.88 Å². The molecule has 0 saturated carbocycles. The van der Waals surface area contributed by atoms with E-state index in [1.54, 1.807) is 6.07 Å². The number of hydrogen-bond donors (Lipinski definition) is 0. The molecule has 2 rings (SSSR count). The quantitative estimate of drug-likeness (QED) is 0.710. The summed E-state index contributed by atoms with van der Waals surface area (Å²) in [7, 11) is 4.17. The van der Waals surface area contributed by atoms with Gasteiger partial charge >= 0.3 is 0 Å². The van der Waals surface area contributed by atoms with E-state index in [4.69, 9.17) is 0 Å². The van der Waals surface area contributed by atoms with Gasteiger partial charge in [-0.3, -0.25) is 0 Å². The second kappa shape index (κ2) is 4.37. The molecule has 0 bridgehead atoms. The van der Waals surface area contributed by atoms with Gasteiger partial charge in [-0.15, -0.1) is 0 Å². The molecule has 3 nitrogen and oxygen atoms in total. The van der Waals surface area contributed by atoms with E-state index >= 15 is 0 Å². The van der Waals surface area contributed by atoms with Crippen LogP contribution in [0.25, 0.3) is 0 Å². The van der Waals surface area contributed by atoms with Crippen molar-refractivity contribution in [3.63, 3.8) is 0 Å². The van der Waals surface area contributed by atoms with Gasteiger partial charge in [0.2, 0.25) is 5.95 Å². The molecule has 0 aliphatic carbocycles. The van der Waals surface area contributed by atoms with Gasteiger partial charge in [-0.1, -0.05) is 13.0 Å². The zero-order valence-electron chi connectivity index (χ0n) is 10.0. The number of pyridine rings is 1. The average molecular weight is 223 g/mol. The molecule has 1 saturated heterocycles. The van der Waals surface area contributed by atoms with Gasteiger partial charge < -0.3 is 9.80 Å². The first-order valence-corrected chi connectivity index (χ1v) is 5.62. The van der Waals surface area contributed by atoms with Crippen molar-refractivity contribution in [2.24, 2.45) is 5.92 Å². The van der Waals surface area contributed by atoms with Crippen molar-refractivity contribution >= 4 is 5.82 Å². The van der Waals surface area contributed by atoms with Gasteiger partial charge in [0.25, 0.3) is 0 Å². The van der Waals surface area contributed by atoms with Crippen LogP contribution in [0.15, 0.2) is 18.2 Å². The lowest BCUT2D eigenvalue weighted by atomic mass is 10.1. The third kappa shape index (κ3) is 2.16. The Morgan fingerprint density at radius 3 is 2.69 bits per heavy atom. The largest absolute Gasteiger partial charge is 0.355 e. The summed E-state index contributed by atoms with van der Waals surface area (Å²) in [6.45, 7) is 4.09. The normalized spacial score (nSPS) is 25.4. The van der Waals surface area contributed by atoms with Crippen molar-refractivity contribution in [3.05, 3.63) is 24.1 Å². The molecule has 88 valence electrons. The minimum atomic E-state index is -0.404. The summed E-state index contributed by atoms with van der Waals surface area (Å²) in [4.78, 5) is 8.30. The molecule has 0 spiro atoms. The predicted octanol–water partition coefficient (Wildman–Crippen LogP) is 1.61. The Morgan fingerprint density at radius 1 is 1.38 bits per heavy atom. The van der Waals surface area contributed by atoms with E-state index in [-0.39, 0.29) is 0 Å². The highest BCUT2D eigenvalue weighted by Crippen LogP contribution is 2.24. The van der Waals surface area contributed by atoms with Crippen molar-refractivity contribution in [3.8, 4) is 0 Å². The monoisotopic (exact) mass is 223 g/mol. The number of halogens is 1. The Bertz CT molecular complexity index is 367. The first kappa shape index (κ1) is 11.3. The molecule has 0 amide bonds. The SMILES string of the molecule is CC1CN(c2cccc(F)n2)CC1N(C)C. The minimum absolute atomic E-state index is 0.404. The second-order valence-corrected chi connectivity index (χ2v) is 4.73. The van der Waals surface area contributed by atoms with E-state index in [1.165, 1.54) is 6.07 Å². The highest BCUT2D eigenvalue weighted by Gasteiger charge is 2.31. The van der Waals surface area contributed by atoms with Gasteiger partial charge in [0, 0.05) is 19.1 Å². The summed E-state index contributed by atoms with van der Waals surface area (Å²) >= 11 is 0. The van der Waals surface area contributed by atoms with Gasteiger partial charge in [0.15, 0.2) is 0 Å². The van der Waals surface area contributed by atoms with E-state index in [1.807, 2.05) is 6.07 Å². The summed E-state index contributed by atoms with van der Waals surface area (Å²) in [6, 6.07) is 5.48. The Hall–Kier alpha value is -1.16. The smallest absolute Gasteiger partial charge is 0.214 e. The van der Waals surface area contributed by atoms with Crippen molar-refractivity contribution < 1.29 is 4.39 Å². The van der Waals surface area contributed by atoms with Gasteiger partial charge in [0.1, 0.15) is 5.82 Å². The number of nitrogens with zero attached hydrogens (tertiary/aromatic N) is 3. The maximum Gasteiger partial charge on any atom is 0.214 e. The fourth-order valence-electron chi connectivity index (χ4n) is 2.38. The van der Waals surface area contributed by atoms with Gasteiger partial charge in [-0.05, 0) is 32.1 Å². The van der Waals surface area contributed by atoms with E-state index in [0.717, 1.165) is 18.9 Å². The van der Waals surface area contributed by atoms with Crippen LogP contribution in [0.3, 0.4) is 0 Å². The lowest BCUT2D eigenvalue weighted by Gasteiger charge is -2.22. The molecular weight excluding hydrogens is 205 g/mol. The van der Waals surface area contributed by atoms with Crippen molar-refractivity contribution in [2.75, 3.05) is 32.1 Å². The van der Waals surface area contributed by atoms with Gasteiger partial charge in [-0.25, -0.2) is 4.98 Å². The van der Waals surface area contributed by atoms with E-state index < -0.39 is 5.95 Å². The molecule has 1 aromatic heterocycles. The standard InChI is InChI=1S/C12H18FN3/c1-9-7-16(8-10(9)15(2)3)12-6-4-5-11(13)14-12/h4-6,9-10H,7-8H2,1-3H3. The lowest BCUT2D eigenvalue weighted by molar-refractivity contribution is 0.266. The summed E-state index contributed by atoms with van der Waals surface area (Å²) in [5.41, 5.74) is 0. The zero-order valence-corrected chi connectivity index (χ0v) is 10.0. The van der Waals surface area contributed by atoms with Gasteiger partial charge in [0.05, 0.1) is 0 Å². The fourth-order valence-corrected chi connectivity index (χ4v) is 2.38. The molecular formula is C12H18FN3. The predicted molar refractivity (Wildman–Crippen MR) is 63.0 cm³/mol. The van der Waals surface area contributed by atoms with Crippen LogP contribution in [-0.2, 0) is 0 Å². The number of likely N-dealkylation sites (N-methyl/N-ethyl adjacent to an activating group) is 1. The fraction of sp³-hybridized carbons (Fsp3) is 0.583. The van der Waals surface area contributed by atoms with Crippen LogP contribution >= 0.6 is 0 Å². The Labute approximate surface area is 95.9 Å². The molecule has 4 heteroatoms. The van der Waals surface area contributed by atoms with Crippen LogP contribution in [-0.4, -0.2) is 43.1 Å². The first-order valence-electron chi connectivity index (χ1n) is 5.62. The Kier molecular flexibility index (Phi) is 3.10. The van der Waals surface area contributed by atoms with Crippen molar-refractivity contribution in [1.29, 1.82) is 0 Å². The van der Waals surface area contributed by atoms with Crippen LogP contribution in [0.2, 0.25) is 0 Å². The topological polar surface area (TPSA) is 19.4 Å². The molecule has 2 heterocycles. The maximum absolute atomic E-state index is 13.0. The Morgan fingerprint density at radius 2 is 2.12 bits per heavy atom. The summed E-state index contributed by atoms with van der Waals surface area (Å²) in [5, 5.41) is 0. The van der Waals surface area contributed by atoms with E-state index in [0.29, 0.717) is 12.0 Å². The summed E-state index contributed by atoms with van der Waals surface area (Å²) in [6.07, 6.45) is 0. The van der Waals surface area contributed by atoms with Crippen molar-refractivity contribution in [2.45, 2.75) is 13.0 Å². The molecule has 1 aliphatic heterocycles. The van der Waals surface area contributed by atoms with Gasteiger partial charge in [-0.2, -0.15) is 4.39 Å². The molecule has 1 fully saturated rings. The Balaban J connectivity index is 2.13. The molecule has 16 heavy (non-hydrogen) atoms. The average Bonchev–Trinajstić information content (AvgIpc) is 2.60.